The monoisotopic (exact) mass is 321 g/mol. The third kappa shape index (κ3) is 3.44. The molecule has 3 rings (SSSR count). The normalized spacial score (nSPS) is 10.6. The predicted octanol–water partition coefficient (Wildman–Crippen LogP) is 3.83. The van der Waals surface area contributed by atoms with Gasteiger partial charge in [0, 0.05) is 17.5 Å². The Bertz CT molecular complexity index is 743. The Hall–Kier alpha value is -1.95. The molecule has 0 atom stereocenters. The summed E-state index contributed by atoms with van der Waals surface area (Å²) in [5.41, 5.74) is 6.65. The lowest BCUT2D eigenvalue weighted by atomic mass is 10.1. The summed E-state index contributed by atoms with van der Waals surface area (Å²) in [7, 11) is 0. The Morgan fingerprint density at radius 1 is 1.18 bits per heavy atom. The van der Waals surface area contributed by atoms with E-state index in [1.807, 2.05) is 19.1 Å². The molecule has 0 aliphatic rings. The van der Waals surface area contributed by atoms with Crippen LogP contribution in [0.2, 0.25) is 0 Å². The van der Waals surface area contributed by atoms with Crippen LogP contribution < -0.4 is 5.48 Å². The second-order valence-electron chi connectivity index (χ2n) is 4.71. The quantitative estimate of drug-likeness (QED) is 0.554. The molecule has 0 saturated carbocycles. The first-order chi connectivity index (χ1) is 10.3. The Kier molecular flexibility index (Phi) is 5.49. The maximum absolute atomic E-state index is 13.0. The van der Waals surface area contributed by atoms with Gasteiger partial charge in [0.15, 0.2) is 0 Å². The van der Waals surface area contributed by atoms with E-state index in [4.69, 9.17) is 4.84 Å². The van der Waals surface area contributed by atoms with Crippen LogP contribution >= 0.6 is 12.4 Å². The summed E-state index contributed by atoms with van der Waals surface area (Å²) in [4.78, 5) is 5.14. The molecule has 3 aromatic rings. The average Bonchev–Trinajstić information content (AvgIpc) is 2.92. The number of nitrogens with one attached hydrogen (secondary N) is 2. The van der Waals surface area contributed by atoms with Gasteiger partial charge >= 0.3 is 0 Å². The molecule has 0 spiro atoms. The summed E-state index contributed by atoms with van der Waals surface area (Å²) in [5, 5.41) is 8.35. The lowest BCUT2D eigenvalue weighted by Gasteiger charge is -2.04. The van der Waals surface area contributed by atoms with E-state index in [0.29, 0.717) is 13.2 Å². The molecule has 0 saturated heterocycles. The first-order valence-corrected chi connectivity index (χ1v) is 6.85. The van der Waals surface area contributed by atoms with E-state index in [0.717, 1.165) is 27.7 Å². The summed E-state index contributed by atoms with van der Waals surface area (Å²) in [6.07, 6.45) is 0. The standard InChI is InChI=1S/C16H16FN3O.ClH/c1-2-21-18-10-11-3-8-15-14(9-11)16(20-19-15)12-4-6-13(17)7-5-12;/h3-9,18H,2,10H2,1H3,(H,19,20);1H. The van der Waals surface area contributed by atoms with E-state index in [1.165, 1.54) is 12.1 Å². The number of rotatable bonds is 5. The van der Waals surface area contributed by atoms with Gasteiger partial charge in [-0.15, -0.1) is 12.4 Å². The van der Waals surface area contributed by atoms with Crippen molar-refractivity contribution in [2.75, 3.05) is 6.61 Å². The fourth-order valence-electron chi connectivity index (χ4n) is 2.24. The first-order valence-electron chi connectivity index (χ1n) is 6.85. The van der Waals surface area contributed by atoms with Crippen LogP contribution in [-0.2, 0) is 11.4 Å². The molecule has 2 N–H and O–H groups in total. The number of aromatic nitrogens is 2. The average molecular weight is 322 g/mol. The van der Waals surface area contributed by atoms with Crippen molar-refractivity contribution in [1.82, 2.24) is 15.7 Å². The molecule has 1 aromatic heterocycles. The topological polar surface area (TPSA) is 49.9 Å². The zero-order valence-corrected chi connectivity index (χ0v) is 12.9. The molecule has 0 amide bonds. The lowest BCUT2D eigenvalue weighted by molar-refractivity contribution is 0.0463. The van der Waals surface area contributed by atoms with Crippen molar-refractivity contribution in [2.45, 2.75) is 13.5 Å². The zero-order chi connectivity index (χ0) is 14.7. The van der Waals surface area contributed by atoms with Crippen LogP contribution in [-0.4, -0.2) is 16.8 Å². The van der Waals surface area contributed by atoms with Gasteiger partial charge in [-0.2, -0.15) is 10.6 Å². The predicted molar refractivity (Wildman–Crippen MR) is 87.2 cm³/mol. The third-order valence-corrected chi connectivity index (χ3v) is 3.27. The third-order valence-electron chi connectivity index (χ3n) is 3.27. The van der Waals surface area contributed by atoms with E-state index < -0.39 is 0 Å². The van der Waals surface area contributed by atoms with Crippen molar-refractivity contribution in [3.63, 3.8) is 0 Å². The van der Waals surface area contributed by atoms with Gasteiger partial charge in [-0.25, -0.2) is 4.39 Å². The summed E-state index contributed by atoms with van der Waals surface area (Å²) in [6, 6.07) is 12.4. The fourth-order valence-corrected chi connectivity index (χ4v) is 2.24. The molecule has 0 unspecified atom stereocenters. The summed E-state index contributed by atoms with van der Waals surface area (Å²) in [5.74, 6) is -0.250. The van der Waals surface area contributed by atoms with Crippen LogP contribution in [0.15, 0.2) is 42.5 Å². The number of benzene rings is 2. The number of aromatic amines is 1. The highest BCUT2D eigenvalue weighted by molar-refractivity contribution is 5.93. The van der Waals surface area contributed by atoms with E-state index >= 15 is 0 Å². The molecular weight excluding hydrogens is 305 g/mol. The number of fused-ring (bicyclic) bond motifs is 1. The van der Waals surface area contributed by atoms with Crippen molar-refractivity contribution < 1.29 is 9.23 Å². The van der Waals surface area contributed by atoms with Gasteiger partial charge in [0.1, 0.15) is 5.82 Å². The Balaban J connectivity index is 0.00000176. The van der Waals surface area contributed by atoms with E-state index in [1.54, 1.807) is 12.1 Å². The molecular formula is C16H17ClFN3O. The largest absolute Gasteiger partial charge is 0.302 e. The number of hydrogen-bond acceptors (Lipinski definition) is 3. The second kappa shape index (κ2) is 7.35. The van der Waals surface area contributed by atoms with Crippen LogP contribution in [0, 0.1) is 5.82 Å². The minimum Gasteiger partial charge on any atom is -0.302 e. The molecule has 1 heterocycles. The summed E-state index contributed by atoms with van der Waals surface area (Å²) >= 11 is 0. The smallest absolute Gasteiger partial charge is 0.123 e. The first kappa shape index (κ1) is 16.4. The van der Waals surface area contributed by atoms with Gasteiger partial charge in [-0.05, 0) is 48.9 Å². The van der Waals surface area contributed by atoms with Crippen molar-refractivity contribution in [3.8, 4) is 11.3 Å². The highest BCUT2D eigenvalue weighted by Gasteiger charge is 2.09. The Morgan fingerprint density at radius 2 is 1.95 bits per heavy atom. The molecule has 0 radical (unpaired) electrons. The number of halogens is 2. The highest BCUT2D eigenvalue weighted by atomic mass is 35.5. The molecule has 0 fully saturated rings. The maximum Gasteiger partial charge on any atom is 0.123 e. The molecule has 116 valence electrons. The van der Waals surface area contributed by atoms with Crippen LogP contribution in [0.4, 0.5) is 4.39 Å². The van der Waals surface area contributed by atoms with Crippen LogP contribution in [0.25, 0.3) is 22.2 Å². The molecule has 0 aliphatic carbocycles. The summed E-state index contributed by atoms with van der Waals surface area (Å²) < 4.78 is 13.0. The Morgan fingerprint density at radius 3 is 2.68 bits per heavy atom. The minimum atomic E-state index is -0.250. The van der Waals surface area contributed by atoms with Crippen molar-refractivity contribution >= 4 is 23.3 Å². The van der Waals surface area contributed by atoms with E-state index in [9.17, 15) is 4.39 Å². The van der Waals surface area contributed by atoms with Gasteiger partial charge < -0.3 is 4.84 Å². The molecule has 4 nitrogen and oxygen atoms in total. The van der Waals surface area contributed by atoms with Crippen LogP contribution in [0.5, 0.6) is 0 Å². The SMILES string of the molecule is CCONCc1ccc2[nH]nc(-c3ccc(F)cc3)c2c1.Cl. The number of H-pyrrole nitrogens is 1. The van der Waals surface area contributed by atoms with Crippen molar-refractivity contribution in [2.24, 2.45) is 0 Å². The highest BCUT2D eigenvalue weighted by Crippen LogP contribution is 2.27. The maximum atomic E-state index is 13.0. The van der Waals surface area contributed by atoms with Gasteiger partial charge in [0.05, 0.1) is 17.8 Å². The Labute approximate surface area is 134 Å². The second-order valence-corrected chi connectivity index (χ2v) is 4.71. The zero-order valence-electron chi connectivity index (χ0n) is 12.1. The van der Waals surface area contributed by atoms with E-state index in [2.05, 4.69) is 21.7 Å². The molecule has 22 heavy (non-hydrogen) atoms. The molecule has 0 aliphatic heterocycles. The van der Waals surface area contributed by atoms with Crippen molar-refractivity contribution in [1.29, 1.82) is 0 Å². The summed E-state index contributed by atoms with van der Waals surface area (Å²) in [6.45, 7) is 3.17. The lowest BCUT2D eigenvalue weighted by Crippen LogP contribution is -2.13. The van der Waals surface area contributed by atoms with Crippen LogP contribution in [0.1, 0.15) is 12.5 Å². The molecule has 0 bridgehead atoms. The number of hydrogen-bond donors (Lipinski definition) is 2. The van der Waals surface area contributed by atoms with Gasteiger partial charge in [0.25, 0.3) is 0 Å². The molecule has 2 aromatic carbocycles. The van der Waals surface area contributed by atoms with E-state index in [-0.39, 0.29) is 18.2 Å². The number of hydroxylamine groups is 1. The molecule has 6 heteroatoms. The van der Waals surface area contributed by atoms with Gasteiger partial charge in [-0.3, -0.25) is 5.10 Å². The van der Waals surface area contributed by atoms with Crippen LogP contribution in [0.3, 0.4) is 0 Å². The van der Waals surface area contributed by atoms with Gasteiger partial charge in [-0.1, -0.05) is 6.07 Å². The number of nitrogens with zero attached hydrogens (tertiary/aromatic N) is 1. The minimum absolute atomic E-state index is 0. The van der Waals surface area contributed by atoms with Gasteiger partial charge in [0.2, 0.25) is 0 Å². The van der Waals surface area contributed by atoms with Crippen molar-refractivity contribution in [3.05, 3.63) is 53.8 Å². The fraction of sp³-hybridized carbons (Fsp3) is 0.188.